The molecule has 0 bridgehead atoms. The Hall–Kier alpha value is -0.800. The van der Waals surface area contributed by atoms with E-state index in [0.29, 0.717) is 10.9 Å². The van der Waals surface area contributed by atoms with Gasteiger partial charge in [-0.2, -0.15) is 0 Å². The van der Waals surface area contributed by atoms with Crippen molar-refractivity contribution < 1.29 is 4.74 Å². The molecule has 0 spiro atoms. The number of rotatable bonds is 2. The highest BCUT2D eigenvalue weighted by Crippen LogP contribution is 2.22. The number of nitrogens with two attached hydrogens (primary N) is 1. The molecule has 1 heterocycles. The van der Waals surface area contributed by atoms with Crippen molar-refractivity contribution in [2.24, 2.45) is 5.73 Å². The zero-order valence-corrected chi connectivity index (χ0v) is 9.28. The van der Waals surface area contributed by atoms with Crippen LogP contribution in [0.3, 0.4) is 0 Å². The minimum absolute atomic E-state index is 0.211. The molecule has 0 saturated heterocycles. The van der Waals surface area contributed by atoms with Gasteiger partial charge in [0.25, 0.3) is 0 Å². The second-order valence-electron chi connectivity index (χ2n) is 3.98. The predicted octanol–water partition coefficient (Wildman–Crippen LogP) is 2.38. The molecule has 0 aromatic carbocycles. The number of halogens is 1. The predicted molar refractivity (Wildman–Crippen MR) is 60.1 cm³/mol. The summed E-state index contributed by atoms with van der Waals surface area (Å²) in [6, 6.07) is 3.85. The van der Waals surface area contributed by atoms with E-state index < -0.39 is 0 Å². The lowest BCUT2D eigenvalue weighted by atomic mass is 9.94. The molecule has 1 aliphatic rings. The Kier molecular flexibility index (Phi) is 3.44. The van der Waals surface area contributed by atoms with Gasteiger partial charge < -0.3 is 10.5 Å². The van der Waals surface area contributed by atoms with E-state index in [1.807, 2.05) is 0 Å². The van der Waals surface area contributed by atoms with E-state index in [9.17, 15) is 0 Å². The van der Waals surface area contributed by atoms with Crippen molar-refractivity contribution in [1.29, 1.82) is 0 Å². The number of hydrogen-bond donors (Lipinski definition) is 1. The van der Waals surface area contributed by atoms with Gasteiger partial charge >= 0.3 is 0 Å². The molecule has 0 aliphatic heterocycles. The zero-order chi connectivity index (χ0) is 10.7. The van der Waals surface area contributed by atoms with Gasteiger partial charge in [-0.25, -0.2) is 4.98 Å². The lowest BCUT2D eigenvalue weighted by molar-refractivity contribution is 0.138. The average molecular weight is 227 g/mol. The largest absolute Gasteiger partial charge is 0.474 e. The van der Waals surface area contributed by atoms with E-state index in [1.54, 1.807) is 18.3 Å². The molecular formula is C11H15ClN2O. The molecule has 2 unspecified atom stereocenters. The molecule has 1 saturated carbocycles. The molecule has 2 atom stereocenters. The van der Waals surface area contributed by atoms with Crippen LogP contribution in [0.2, 0.25) is 5.02 Å². The van der Waals surface area contributed by atoms with Gasteiger partial charge in [0.15, 0.2) is 0 Å². The van der Waals surface area contributed by atoms with Gasteiger partial charge in [0.05, 0.1) is 5.02 Å². The zero-order valence-electron chi connectivity index (χ0n) is 8.53. The minimum atomic E-state index is 0.211. The van der Waals surface area contributed by atoms with Crippen LogP contribution < -0.4 is 10.5 Å². The topological polar surface area (TPSA) is 48.1 Å². The average Bonchev–Trinajstić information content (AvgIpc) is 2.22. The maximum Gasteiger partial charge on any atom is 0.213 e. The molecule has 82 valence electrons. The maximum absolute atomic E-state index is 5.88. The number of aromatic nitrogens is 1. The molecule has 2 N–H and O–H groups in total. The van der Waals surface area contributed by atoms with Crippen LogP contribution in [0, 0.1) is 0 Å². The van der Waals surface area contributed by atoms with Gasteiger partial charge in [0.1, 0.15) is 6.10 Å². The Balaban J connectivity index is 1.93. The summed E-state index contributed by atoms with van der Waals surface area (Å²) >= 11 is 5.74. The Morgan fingerprint density at radius 1 is 1.40 bits per heavy atom. The lowest BCUT2D eigenvalue weighted by Crippen LogP contribution is -2.33. The van der Waals surface area contributed by atoms with Crippen molar-refractivity contribution in [3.63, 3.8) is 0 Å². The summed E-state index contributed by atoms with van der Waals surface area (Å²) in [6.45, 7) is 0. The number of ether oxygens (including phenoxy) is 1. The van der Waals surface area contributed by atoms with Crippen molar-refractivity contribution in [2.75, 3.05) is 0 Å². The molecule has 2 rings (SSSR count). The highest BCUT2D eigenvalue weighted by molar-refractivity contribution is 6.30. The number of nitrogens with zero attached hydrogens (tertiary/aromatic N) is 1. The molecule has 1 aromatic rings. The molecule has 3 nitrogen and oxygen atoms in total. The molecule has 4 heteroatoms. The van der Waals surface area contributed by atoms with E-state index in [2.05, 4.69) is 4.98 Å². The first kappa shape index (κ1) is 10.7. The summed E-state index contributed by atoms with van der Waals surface area (Å²) < 4.78 is 5.73. The molecule has 1 aromatic heterocycles. The Morgan fingerprint density at radius 3 is 2.93 bits per heavy atom. The fraction of sp³-hybridized carbons (Fsp3) is 0.545. The van der Waals surface area contributed by atoms with Crippen LogP contribution >= 0.6 is 11.6 Å². The normalized spacial score (nSPS) is 26.3. The molecule has 0 amide bonds. The fourth-order valence-electron chi connectivity index (χ4n) is 1.89. The van der Waals surface area contributed by atoms with Crippen molar-refractivity contribution in [1.82, 2.24) is 4.98 Å². The molecule has 1 aliphatic carbocycles. The summed E-state index contributed by atoms with van der Waals surface area (Å²) in [5, 5.41) is 0.627. The summed E-state index contributed by atoms with van der Waals surface area (Å²) in [7, 11) is 0. The third-order valence-electron chi connectivity index (χ3n) is 2.65. The quantitative estimate of drug-likeness (QED) is 0.843. The van der Waals surface area contributed by atoms with E-state index in [4.69, 9.17) is 22.1 Å². The molecule has 1 fully saturated rings. The Bertz CT molecular complexity index is 315. The highest BCUT2D eigenvalue weighted by atomic mass is 35.5. The van der Waals surface area contributed by atoms with Crippen LogP contribution in [0.4, 0.5) is 0 Å². The van der Waals surface area contributed by atoms with Gasteiger partial charge in [-0.15, -0.1) is 0 Å². The highest BCUT2D eigenvalue weighted by Gasteiger charge is 2.20. The second kappa shape index (κ2) is 4.81. The van der Waals surface area contributed by atoms with Crippen LogP contribution in [0.1, 0.15) is 25.7 Å². The van der Waals surface area contributed by atoms with Crippen molar-refractivity contribution in [2.45, 2.75) is 37.8 Å². The SMILES string of the molecule is NC1CCCC(Oc2ccc(Cl)cn2)C1. The molecule has 15 heavy (non-hydrogen) atoms. The van der Waals surface area contributed by atoms with Gasteiger partial charge in [-0.1, -0.05) is 11.6 Å². The minimum Gasteiger partial charge on any atom is -0.474 e. The summed E-state index contributed by atoms with van der Waals surface area (Å²) in [5.74, 6) is 0.638. The van der Waals surface area contributed by atoms with Crippen LogP contribution in [0.5, 0.6) is 5.88 Å². The Labute approximate surface area is 94.6 Å². The van der Waals surface area contributed by atoms with Crippen molar-refractivity contribution >= 4 is 11.6 Å². The van der Waals surface area contributed by atoms with Crippen LogP contribution in [-0.4, -0.2) is 17.1 Å². The lowest BCUT2D eigenvalue weighted by Gasteiger charge is -2.26. The van der Waals surface area contributed by atoms with Gasteiger partial charge in [-0.05, 0) is 31.7 Å². The summed E-state index contributed by atoms with van der Waals surface area (Å²) in [4.78, 5) is 4.10. The number of hydrogen-bond acceptors (Lipinski definition) is 3. The first-order valence-corrected chi connectivity index (χ1v) is 5.65. The van der Waals surface area contributed by atoms with Gasteiger partial charge in [0.2, 0.25) is 5.88 Å². The molecular weight excluding hydrogens is 212 g/mol. The van der Waals surface area contributed by atoms with Crippen molar-refractivity contribution in [3.05, 3.63) is 23.4 Å². The second-order valence-corrected chi connectivity index (χ2v) is 4.42. The van der Waals surface area contributed by atoms with Gasteiger partial charge in [-0.3, -0.25) is 0 Å². The maximum atomic E-state index is 5.88. The van der Waals surface area contributed by atoms with Crippen LogP contribution in [0.25, 0.3) is 0 Å². The van der Waals surface area contributed by atoms with Crippen LogP contribution in [-0.2, 0) is 0 Å². The molecule has 0 radical (unpaired) electrons. The third kappa shape index (κ3) is 3.08. The third-order valence-corrected chi connectivity index (χ3v) is 2.88. The fourth-order valence-corrected chi connectivity index (χ4v) is 2.00. The van der Waals surface area contributed by atoms with E-state index in [1.165, 1.54) is 0 Å². The first-order chi connectivity index (χ1) is 7.24. The van der Waals surface area contributed by atoms with E-state index >= 15 is 0 Å². The summed E-state index contributed by atoms with van der Waals surface area (Å²) in [6.07, 6.45) is 6.04. The van der Waals surface area contributed by atoms with Crippen molar-refractivity contribution in [3.8, 4) is 5.88 Å². The smallest absolute Gasteiger partial charge is 0.213 e. The first-order valence-electron chi connectivity index (χ1n) is 5.28. The van der Waals surface area contributed by atoms with E-state index in [-0.39, 0.29) is 12.1 Å². The van der Waals surface area contributed by atoms with Gasteiger partial charge in [0, 0.05) is 18.3 Å². The summed E-state index contributed by atoms with van der Waals surface area (Å²) in [5.41, 5.74) is 5.88. The number of pyridine rings is 1. The standard InChI is InChI=1S/C11H15ClN2O/c12-8-4-5-11(14-7-8)15-10-3-1-2-9(13)6-10/h4-5,7,9-10H,1-3,6,13H2. The van der Waals surface area contributed by atoms with Crippen LogP contribution in [0.15, 0.2) is 18.3 Å². The van der Waals surface area contributed by atoms with E-state index in [0.717, 1.165) is 25.7 Å². The monoisotopic (exact) mass is 226 g/mol. The Morgan fingerprint density at radius 2 is 2.27 bits per heavy atom.